The Hall–Kier alpha value is -2.13. The van der Waals surface area contributed by atoms with E-state index in [2.05, 4.69) is 25.0 Å². The molecule has 0 N–H and O–H groups in total. The summed E-state index contributed by atoms with van der Waals surface area (Å²) in [6.45, 7) is 4.44. The standard InChI is InChI=1S/C19H23FN6OS/c20-16-15(3-4-19(16)10-24(11-19)13-27)25-6-8-26(9-7-25)17-14(2-1-5-21-17)18-23-22-12-28-18/h1-2,5,12-13,15-16H,3-4,6-11H2. The largest absolute Gasteiger partial charge is 0.353 e. The van der Waals surface area contributed by atoms with Crippen molar-refractivity contribution in [1.29, 1.82) is 0 Å². The van der Waals surface area contributed by atoms with E-state index in [1.54, 1.807) is 16.6 Å². The molecule has 2 saturated heterocycles. The van der Waals surface area contributed by atoms with Crippen LogP contribution in [0.15, 0.2) is 23.8 Å². The van der Waals surface area contributed by atoms with Gasteiger partial charge < -0.3 is 9.80 Å². The Morgan fingerprint density at radius 3 is 2.79 bits per heavy atom. The summed E-state index contributed by atoms with van der Waals surface area (Å²) in [4.78, 5) is 21.7. The number of halogens is 1. The molecule has 7 nitrogen and oxygen atoms in total. The molecule has 2 unspecified atom stereocenters. The fourth-order valence-electron chi connectivity index (χ4n) is 5.04. The Morgan fingerprint density at radius 2 is 2.07 bits per heavy atom. The number of carbonyl (C=O) groups is 1. The van der Waals surface area contributed by atoms with Crippen LogP contribution >= 0.6 is 11.3 Å². The molecule has 0 radical (unpaired) electrons. The van der Waals surface area contributed by atoms with Crippen molar-refractivity contribution in [1.82, 2.24) is 25.0 Å². The summed E-state index contributed by atoms with van der Waals surface area (Å²) in [7, 11) is 0. The lowest BCUT2D eigenvalue weighted by Crippen LogP contribution is -2.61. The molecule has 0 bridgehead atoms. The SMILES string of the molecule is O=CN1CC2(CCC(N3CCN(c4ncccc4-c4nncs4)CC3)C2F)C1. The van der Waals surface area contributed by atoms with Gasteiger partial charge in [0, 0.05) is 56.9 Å². The quantitative estimate of drug-likeness (QED) is 0.725. The van der Waals surface area contributed by atoms with Gasteiger partial charge >= 0.3 is 0 Å². The van der Waals surface area contributed by atoms with Gasteiger partial charge in [-0.2, -0.15) is 0 Å². The summed E-state index contributed by atoms with van der Waals surface area (Å²) in [5.74, 6) is 0.930. The number of aromatic nitrogens is 3. The Kier molecular flexibility index (Phi) is 4.51. The molecule has 1 amide bonds. The molecule has 2 aromatic heterocycles. The summed E-state index contributed by atoms with van der Waals surface area (Å²) in [5, 5.41) is 9.00. The molecule has 2 aliphatic heterocycles. The number of likely N-dealkylation sites (tertiary alicyclic amines) is 1. The van der Waals surface area contributed by atoms with Gasteiger partial charge in [-0.3, -0.25) is 9.69 Å². The number of piperazine rings is 1. The minimum atomic E-state index is -0.845. The maximum atomic E-state index is 15.2. The zero-order valence-electron chi connectivity index (χ0n) is 15.6. The van der Waals surface area contributed by atoms with Gasteiger partial charge in [-0.25, -0.2) is 9.37 Å². The number of rotatable bonds is 4. The van der Waals surface area contributed by atoms with E-state index in [1.165, 1.54) is 11.3 Å². The van der Waals surface area contributed by atoms with E-state index in [-0.39, 0.29) is 11.5 Å². The second-order valence-corrected chi connectivity index (χ2v) is 8.86. The third-order valence-corrected chi connectivity index (χ3v) is 7.23. The van der Waals surface area contributed by atoms with Gasteiger partial charge in [-0.05, 0) is 25.0 Å². The van der Waals surface area contributed by atoms with Crippen LogP contribution < -0.4 is 4.90 Å². The minimum absolute atomic E-state index is 0.0256. The lowest BCUT2D eigenvalue weighted by atomic mass is 9.77. The molecule has 1 saturated carbocycles. The Labute approximate surface area is 167 Å². The molecule has 1 aliphatic carbocycles. The first kappa shape index (κ1) is 17.9. The van der Waals surface area contributed by atoms with Gasteiger partial charge in [0.1, 0.15) is 17.5 Å². The first-order chi connectivity index (χ1) is 13.7. The van der Waals surface area contributed by atoms with Gasteiger partial charge in [0.05, 0.1) is 5.56 Å². The van der Waals surface area contributed by atoms with Crippen LogP contribution in [0.4, 0.5) is 10.2 Å². The lowest BCUT2D eigenvalue weighted by molar-refractivity contribution is -0.133. The van der Waals surface area contributed by atoms with E-state index >= 15 is 4.39 Å². The van der Waals surface area contributed by atoms with Crippen molar-refractivity contribution in [3.8, 4) is 10.6 Å². The predicted molar refractivity (Wildman–Crippen MR) is 105 cm³/mol. The van der Waals surface area contributed by atoms with E-state index in [0.29, 0.717) is 13.1 Å². The molecular weight excluding hydrogens is 379 g/mol. The third kappa shape index (κ3) is 2.88. The molecular formula is C19H23FN6OS. The summed E-state index contributed by atoms with van der Waals surface area (Å²) in [5.41, 5.74) is 2.44. The fraction of sp³-hybridized carbons (Fsp3) is 0.579. The summed E-state index contributed by atoms with van der Waals surface area (Å²) >= 11 is 1.51. The van der Waals surface area contributed by atoms with Crippen molar-refractivity contribution >= 4 is 23.6 Å². The molecule has 28 heavy (non-hydrogen) atoms. The van der Waals surface area contributed by atoms with Crippen molar-refractivity contribution in [3.05, 3.63) is 23.8 Å². The first-order valence-electron chi connectivity index (χ1n) is 9.74. The molecule has 4 heterocycles. The van der Waals surface area contributed by atoms with E-state index in [9.17, 15) is 4.79 Å². The second kappa shape index (κ2) is 7.04. The highest BCUT2D eigenvalue weighted by Gasteiger charge is 2.57. The van der Waals surface area contributed by atoms with Gasteiger partial charge in [-0.1, -0.05) is 11.3 Å². The van der Waals surface area contributed by atoms with E-state index in [4.69, 9.17) is 0 Å². The Bertz CT molecular complexity index is 835. The van der Waals surface area contributed by atoms with Gasteiger partial charge in [-0.15, -0.1) is 10.2 Å². The number of hydrogen-bond donors (Lipinski definition) is 0. The summed E-state index contributed by atoms with van der Waals surface area (Å²) in [6.07, 6.45) is 3.56. The fourth-order valence-corrected chi connectivity index (χ4v) is 5.61. The van der Waals surface area contributed by atoms with Crippen LogP contribution in [0, 0.1) is 5.41 Å². The topological polar surface area (TPSA) is 65.5 Å². The molecule has 3 aliphatic rings. The number of alkyl halides is 1. The highest BCUT2D eigenvalue weighted by atomic mass is 32.1. The molecule has 0 aromatic carbocycles. The number of pyridine rings is 1. The Balaban J connectivity index is 1.25. The molecule has 2 atom stereocenters. The van der Waals surface area contributed by atoms with Crippen LogP contribution in [-0.2, 0) is 4.79 Å². The average Bonchev–Trinajstić information content (AvgIpc) is 3.35. The normalized spacial score (nSPS) is 27.2. The van der Waals surface area contributed by atoms with Crippen molar-refractivity contribution in [2.75, 3.05) is 44.2 Å². The highest BCUT2D eigenvalue weighted by Crippen LogP contribution is 2.48. The minimum Gasteiger partial charge on any atom is -0.353 e. The lowest BCUT2D eigenvalue weighted by Gasteiger charge is -2.49. The van der Waals surface area contributed by atoms with Crippen molar-refractivity contribution in [2.45, 2.75) is 25.1 Å². The molecule has 1 spiro atoms. The summed E-state index contributed by atoms with van der Waals surface area (Å²) in [6, 6.07) is 3.93. The first-order valence-corrected chi connectivity index (χ1v) is 10.6. The number of carbonyl (C=O) groups excluding carboxylic acids is 1. The van der Waals surface area contributed by atoms with Crippen LogP contribution in [0.5, 0.6) is 0 Å². The second-order valence-electron chi connectivity index (χ2n) is 8.02. The maximum absolute atomic E-state index is 15.2. The van der Waals surface area contributed by atoms with Gasteiger partial charge in [0.15, 0.2) is 5.01 Å². The number of nitrogens with zero attached hydrogens (tertiary/aromatic N) is 6. The molecule has 5 rings (SSSR count). The molecule has 9 heteroatoms. The van der Waals surface area contributed by atoms with Crippen LogP contribution in [0.3, 0.4) is 0 Å². The van der Waals surface area contributed by atoms with Gasteiger partial charge in [0.2, 0.25) is 6.41 Å². The van der Waals surface area contributed by atoms with Crippen LogP contribution in [0.2, 0.25) is 0 Å². The maximum Gasteiger partial charge on any atom is 0.209 e. The highest BCUT2D eigenvalue weighted by molar-refractivity contribution is 7.12. The van der Waals surface area contributed by atoms with Crippen molar-refractivity contribution < 1.29 is 9.18 Å². The number of hydrogen-bond acceptors (Lipinski definition) is 7. The zero-order chi connectivity index (χ0) is 19.1. The van der Waals surface area contributed by atoms with Crippen LogP contribution in [0.25, 0.3) is 10.6 Å². The molecule has 2 aromatic rings. The van der Waals surface area contributed by atoms with Gasteiger partial charge in [0.25, 0.3) is 0 Å². The van der Waals surface area contributed by atoms with Crippen molar-refractivity contribution in [2.24, 2.45) is 5.41 Å². The monoisotopic (exact) mass is 402 g/mol. The molecule has 3 fully saturated rings. The number of amides is 1. The molecule has 148 valence electrons. The average molecular weight is 402 g/mol. The van der Waals surface area contributed by atoms with E-state index < -0.39 is 6.17 Å². The third-order valence-electron chi connectivity index (χ3n) is 6.51. The Morgan fingerprint density at radius 1 is 1.25 bits per heavy atom. The zero-order valence-corrected chi connectivity index (χ0v) is 16.4. The number of anilines is 1. The van der Waals surface area contributed by atoms with Crippen molar-refractivity contribution in [3.63, 3.8) is 0 Å². The summed E-state index contributed by atoms with van der Waals surface area (Å²) < 4.78 is 15.2. The van der Waals surface area contributed by atoms with E-state index in [1.807, 2.05) is 12.1 Å². The van der Waals surface area contributed by atoms with E-state index in [0.717, 1.165) is 61.8 Å². The predicted octanol–water partition coefficient (Wildman–Crippen LogP) is 1.68. The smallest absolute Gasteiger partial charge is 0.209 e. The van der Waals surface area contributed by atoms with Crippen LogP contribution in [0.1, 0.15) is 12.8 Å². The van der Waals surface area contributed by atoms with Crippen LogP contribution in [-0.4, -0.2) is 82.9 Å².